The lowest BCUT2D eigenvalue weighted by atomic mass is 10.0. The van der Waals surface area contributed by atoms with Crippen molar-refractivity contribution in [2.45, 2.75) is 13.8 Å². The molecule has 1 amide bonds. The molecule has 0 spiro atoms. The van der Waals surface area contributed by atoms with Crippen molar-refractivity contribution in [3.05, 3.63) is 42.0 Å². The zero-order valence-corrected chi connectivity index (χ0v) is 12.6. The van der Waals surface area contributed by atoms with Crippen LogP contribution in [0.3, 0.4) is 0 Å². The lowest BCUT2D eigenvalue weighted by Crippen LogP contribution is -2.34. The Bertz CT molecular complexity index is 625. The van der Waals surface area contributed by atoms with Crippen LogP contribution in [0.4, 0.5) is 5.69 Å². The van der Waals surface area contributed by atoms with Gasteiger partial charge in [-0.2, -0.15) is 0 Å². The minimum atomic E-state index is -0.0412. The SMILES string of the molecule is CCOCCN(CC)C(=O)c1cc2ccccc2cc1N. The van der Waals surface area contributed by atoms with Gasteiger partial charge >= 0.3 is 0 Å². The highest BCUT2D eigenvalue weighted by atomic mass is 16.5. The van der Waals surface area contributed by atoms with Crippen molar-refractivity contribution in [3.8, 4) is 0 Å². The van der Waals surface area contributed by atoms with Gasteiger partial charge in [-0.3, -0.25) is 4.79 Å². The highest BCUT2D eigenvalue weighted by Gasteiger charge is 2.17. The van der Waals surface area contributed by atoms with Crippen LogP contribution in [0.2, 0.25) is 0 Å². The predicted molar refractivity (Wildman–Crippen MR) is 86.4 cm³/mol. The zero-order chi connectivity index (χ0) is 15.2. The summed E-state index contributed by atoms with van der Waals surface area (Å²) in [5.74, 6) is -0.0412. The Kier molecular flexibility index (Phi) is 5.17. The molecular weight excluding hydrogens is 264 g/mol. The molecule has 0 saturated heterocycles. The van der Waals surface area contributed by atoms with Crippen molar-refractivity contribution in [2.24, 2.45) is 0 Å². The van der Waals surface area contributed by atoms with Crippen LogP contribution in [-0.4, -0.2) is 37.1 Å². The maximum absolute atomic E-state index is 12.6. The first-order chi connectivity index (χ1) is 10.2. The number of hydrogen-bond acceptors (Lipinski definition) is 3. The summed E-state index contributed by atoms with van der Waals surface area (Å²) in [6.07, 6.45) is 0. The molecule has 0 fully saturated rings. The first-order valence-corrected chi connectivity index (χ1v) is 7.32. The van der Waals surface area contributed by atoms with Gasteiger partial charge in [0.15, 0.2) is 0 Å². The van der Waals surface area contributed by atoms with Gasteiger partial charge in [-0.15, -0.1) is 0 Å². The second-order valence-electron chi connectivity index (χ2n) is 4.87. The normalized spacial score (nSPS) is 10.8. The van der Waals surface area contributed by atoms with Crippen LogP contribution < -0.4 is 5.73 Å². The first kappa shape index (κ1) is 15.3. The summed E-state index contributed by atoms with van der Waals surface area (Å²) in [7, 11) is 0. The van der Waals surface area contributed by atoms with Crippen molar-refractivity contribution in [3.63, 3.8) is 0 Å². The smallest absolute Gasteiger partial charge is 0.256 e. The van der Waals surface area contributed by atoms with Crippen LogP contribution in [0, 0.1) is 0 Å². The molecule has 112 valence electrons. The summed E-state index contributed by atoms with van der Waals surface area (Å²) in [4.78, 5) is 14.4. The van der Waals surface area contributed by atoms with Crippen molar-refractivity contribution < 1.29 is 9.53 Å². The average molecular weight is 286 g/mol. The van der Waals surface area contributed by atoms with Crippen molar-refractivity contribution >= 4 is 22.4 Å². The van der Waals surface area contributed by atoms with E-state index >= 15 is 0 Å². The van der Waals surface area contributed by atoms with Crippen LogP contribution in [0.15, 0.2) is 36.4 Å². The largest absolute Gasteiger partial charge is 0.398 e. The summed E-state index contributed by atoms with van der Waals surface area (Å²) in [6, 6.07) is 11.6. The van der Waals surface area contributed by atoms with E-state index in [0.717, 1.165) is 10.8 Å². The Hall–Kier alpha value is -2.07. The zero-order valence-electron chi connectivity index (χ0n) is 12.6. The molecule has 4 heteroatoms. The maximum Gasteiger partial charge on any atom is 0.256 e. The fourth-order valence-electron chi connectivity index (χ4n) is 2.34. The molecule has 2 N–H and O–H groups in total. The monoisotopic (exact) mass is 286 g/mol. The molecule has 2 aromatic carbocycles. The lowest BCUT2D eigenvalue weighted by molar-refractivity contribution is 0.0670. The molecule has 0 aliphatic rings. The van der Waals surface area contributed by atoms with E-state index in [2.05, 4.69) is 0 Å². The van der Waals surface area contributed by atoms with Gasteiger partial charge in [0.2, 0.25) is 0 Å². The van der Waals surface area contributed by atoms with Gasteiger partial charge in [-0.25, -0.2) is 0 Å². The van der Waals surface area contributed by atoms with Crippen LogP contribution in [0.1, 0.15) is 24.2 Å². The van der Waals surface area contributed by atoms with Gasteiger partial charge in [-0.05, 0) is 36.8 Å². The number of amides is 1. The lowest BCUT2D eigenvalue weighted by Gasteiger charge is -2.21. The summed E-state index contributed by atoms with van der Waals surface area (Å²) in [5, 5.41) is 2.07. The molecule has 4 nitrogen and oxygen atoms in total. The molecule has 0 radical (unpaired) electrons. The third-order valence-corrected chi connectivity index (χ3v) is 3.53. The Morgan fingerprint density at radius 2 is 1.86 bits per heavy atom. The number of carbonyl (C=O) groups is 1. The van der Waals surface area contributed by atoms with E-state index in [9.17, 15) is 4.79 Å². The van der Waals surface area contributed by atoms with E-state index in [1.165, 1.54) is 0 Å². The van der Waals surface area contributed by atoms with Crippen LogP contribution in [0.25, 0.3) is 10.8 Å². The standard InChI is InChI=1S/C17H22N2O2/c1-3-19(9-10-21-4-2)17(20)15-11-13-7-5-6-8-14(13)12-16(15)18/h5-8,11-12H,3-4,9-10,18H2,1-2H3. The van der Waals surface area contributed by atoms with E-state index < -0.39 is 0 Å². The Balaban J connectivity index is 2.26. The third kappa shape index (κ3) is 3.52. The van der Waals surface area contributed by atoms with E-state index in [0.29, 0.717) is 37.6 Å². The molecule has 0 heterocycles. The Morgan fingerprint density at radius 1 is 1.19 bits per heavy atom. The summed E-state index contributed by atoms with van der Waals surface area (Å²) in [5.41, 5.74) is 7.14. The summed E-state index contributed by atoms with van der Waals surface area (Å²) in [6.45, 7) is 6.32. The number of carbonyl (C=O) groups excluding carboxylic acids is 1. The fraction of sp³-hybridized carbons (Fsp3) is 0.353. The minimum absolute atomic E-state index is 0.0412. The molecule has 0 bridgehead atoms. The van der Waals surface area contributed by atoms with E-state index in [1.54, 1.807) is 4.90 Å². The number of nitrogens with two attached hydrogens (primary N) is 1. The highest BCUT2D eigenvalue weighted by Crippen LogP contribution is 2.23. The second-order valence-corrected chi connectivity index (χ2v) is 4.87. The molecule has 2 rings (SSSR count). The van der Waals surface area contributed by atoms with Crippen molar-refractivity contribution in [1.82, 2.24) is 4.90 Å². The minimum Gasteiger partial charge on any atom is -0.398 e. The second kappa shape index (κ2) is 7.09. The van der Waals surface area contributed by atoms with Gasteiger partial charge < -0.3 is 15.4 Å². The van der Waals surface area contributed by atoms with Crippen LogP contribution in [-0.2, 0) is 4.74 Å². The molecule has 0 saturated carbocycles. The molecule has 0 atom stereocenters. The Labute approximate surface area is 125 Å². The Morgan fingerprint density at radius 3 is 2.48 bits per heavy atom. The van der Waals surface area contributed by atoms with E-state index in [1.807, 2.05) is 50.2 Å². The molecular formula is C17H22N2O2. The van der Waals surface area contributed by atoms with E-state index in [4.69, 9.17) is 10.5 Å². The van der Waals surface area contributed by atoms with Gasteiger partial charge in [0, 0.05) is 25.4 Å². The van der Waals surface area contributed by atoms with Gasteiger partial charge in [0.1, 0.15) is 0 Å². The van der Waals surface area contributed by atoms with Crippen molar-refractivity contribution in [2.75, 3.05) is 32.0 Å². The van der Waals surface area contributed by atoms with Crippen LogP contribution >= 0.6 is 0 Å². The van der Waals surface area contributed by atoms with E-state index in [-0.39, 0.29) is 5.91 Å². The molecule has 0 aromatic heterocycles. The number of rotatable bonds is 6. The number of nitrogen functional groups attached to an aromatic ring is 1. The third-order valence-electron chi connectivity index (χ3n) is 3.53. The van der Waals surface area contributed by atoms with Gasteiger partial charge in [0.25, 0.3) is 5.91 Å². The number of likely N-dealkylation sites (N-methyl/N-ethyl adjacent to an activating group) is 1. The average Bonchev–Trinajstić information content (AvgIpc) is 2.50. The molecule has 0 aliphatic carbocycles. The molecule has 0 unspecified atom stereocenters. The number of ether oxygens (including phenoxy) is 1. The highest BCUT2D eigenvalue weighted by molar-refractivity contribution is 6.03. The number of nitrogens with zero attached hydrogens (tertiary/aromatic N) is 1. The summed E-state index contributed by atoms with van der Waals surface area (Å²) < 4.78 is 5.33. The predicted octanol–water partition coefficient (Wildman–Crippen LogP) is 2.92. The quantitative estimate of drug-likeness (QED) is 0.656. The number of fused-ring (bicyclic) bond motifs is 1. The van der Waals surface area contributed by atoms with Gasteiger partial charge in [0.05, 0.1) is 12.2 Å². The fourth-order valence-corrected chi connectivity index (χ4v) is 2.34. The van der Waals surface area contributed by atoms with Crippen LogP contribution in [0.5, 0.6) is 0 Å². The topological polar surface area (TPSA) is 55.6 Å². The number of benzene rings is 2. The van der Waals surface area contributed by atoms with Crippen molar-refractivity contribution in [1.29, 1.82) is 0 Å². The number of anilines is 1. The molecule has 2 aromatic rings. The maximum atomic E-state index is 12.6. The van der Waals surface area contributed by atoms with Gasteiger partial charge in [-0.1, -0.05) is 24.3 Å². The molecule has 0 aliphatic heterocycles. The number of hydrogen-bond donors (Lipinski definition) is 1. The summed E-state index contributed by atoms with van der Waals surface area (Å²) >= 11 is 0. The molecule has 21 heavy (non-hydrogen) atoms. The first-order valence-electron chi connectivity index (χ1n) is 7.32.